The molecule has 1 aromatic carbocycles. The van der Waals surface area contributed by atoms with E-state index in [0.29, 0.717) is 0 Å². The predicted octanol–water partition coefficient (Wildman–Crippen LogP) is 4.59. The smallest absolute Gasteiger partial charge is 0.0971 e. The van der Waals surface area contributed by atoms with Gasteiger partial charge < -0.3 is 4.98 Å². The van der Waals surface area contributed by atoms with E-state index < -0.39 is 0 Å². The van der Waals surface area contributed by atoms with Crippen LogP contribution in [-0.4, -0.2) is 15.0 Å². The molecule has 0 aliphatic carbocycles. The van der Waals surface area contributed by atoms with E-state index in [2.05, 4.69) is 34.2 Å². The molecule has 0 saturated carbocycles. The summed E-state index contributed by atoms with van der Waals surface area (Å²) in [5, 5.41) is 2.23. The molecule has 4 rings (SSSR count). The number of fused-ring (bicyclic) bond motifs is 3. The van der Waals surface area contributed by atoms with Crippen molar-refractivity contribution < 1.29 is 0 Å². The van der Waals surface area contributed by atoms with E-state index in [-0.39, 0.29) is 0 Å². The summed E-state index contributed by atoms with van der Waals surface area (Å²) in [4.78, 5) is 12.6. The number of aromatic amines is 1. The van der Waals surface area contributed by atoms with E-state index >= 15 is 0 Å². The van der Waals surface area contributed by atoms with Crippen molar-refractivity contribution in [2.75, 3.05) is 0 Å². The maximum atomic E-state index is 4.78. The van der Waals surface area contributed by atoms with Crippen molar-refractivity contribution in [1.82, 2.24) is 15.0 Å². The lowest BCUT2D eigenvalue weighted by Gasteiger charge is -2.04. The summed E-state index contributed by atoms with van der Waals surface area (Å²) in [7, 11) is 0. The highest BCUT2D eigenvalue weighted by molar-refractivity contribution is 6.03. The van der Waals surface area contributed by atoms with Crippen LogP contribution in [0.2, 0.25) is 0 Å². The van der Waals surface area contributed by atoms with Crippen LogP contribution in [0, 0.1) is 6.92 Å². The van der Waals surface area contributed by atoms with Gasteiger partial charge in [0.05, 0.1) is 16.7 Å². The van der Waals surface area contributed by atoms with Crippen LogP contribution < -0.4 is 0 Å². The normalized spacial score (nSPS) is 11.7. The molecule has 0 aliphatic heterocycles. The standard InChI is InChI=1S/C19H15N3/c1-13-4-5-14-6-7-15-8-9-17(22-19(15)18(14)21-13)11-10-16-3-2-12-20-16/h2-12,20H,1H3/b11-10+. The Morgan fingerprint density at radius 3 is 2.32 bits per heavy atom. The zero-order valence-electron chi connectivity index (χ0n) is 12.2. The molecular weight excluding hydrogens is 270 g/mol. The molecule has 106 valence electrons. The third-order valence-corrected chi connectivity index (χ3v) is 3.74. The molecule has 0 atom stereocenters. The first-order valence-electron chi connectivity index (χ1n) is 7.28. The summed E-state index contributed by atoms with van der Waals surface area (Å²) < 4.78 is 0. The van der Waals surface area contributed by atoms with Crippen LogP contribution in [-0.2, 0) is 0 Å². The molecule has 3 aromatic heterocycles. The minimum atomic E-state index is 0.929. The minimum Gasteiger partial charge on any atom is -0.362 e. The number of hydrogen-bond donors (Lipinski definition) is 1. The molecule has 0 saturated heterocycles. The molecule has 0 radical (unpaired) electrons. The predicted molar refractivity (Wildman–Crippen MR) is 91.5 cm³/mol. The Morgan fingerprint density at radius 1 is 0.818 bits per heavy atom. The Kier molecular flexibility index (Phi) is 2.97. The molecule has 22 heavy (non-hydrogen) atoms. The Labute approximate surface area is 128 Å². The van der Waals surface area contributed by atoms with E-state index in [1.54, 1.807) is 0 Å². The molecule has 0 unspecified atom stereocenters. The molecule has 1 N–H and O–H groups in total. The Hall–Kier alpha value is -2.94. The summed E-state index contributed by atoms with van der Waals surface area (Å²) in [6, 6.07) is 16.5. The van der Waals surface area contributed by atoms with Crippen LogP contribution in [0.1, 0.15) is 17.1 Å². The number of pyridine rings is 2. The van der Waals surface area contributed by atoms with Crippen LogP contribution in [0.15, 0.2) is 54.7 Å². The second-order valence-electron chi connectivity index (χ2n) is 5.36. The van der Waals surface area contributed by atoms with Crippen molar-refractivity contribution in [3.05, 3.63) is 71.8 Å². The maximum absolute atomic E-state index is 4.78. The maximum Gasteiger partial charge on any atom is 0.0971 e. The van der Waals surface area contributed by atoms with Gasteiger partial charge in [0.2, 0.25) is 0 Å². The van der Waals surface area contributed by atoms with Crippen molar-refractivity contribution in [2.24, 2.45) is 0 Å². The first-order valence-corrected chi connectivity index (χ1v) is 7.28. The molecule has 0 fully saturated rings. The SMILES string of the molecule is Cc1ccc2ccc3ccc(/C=C/c4ccc[nH]4)nc3c2n1. The lowest BCUT2D eigenvalue weighted by molar-refractivity contribution is 1.25. The lowest BCUT2D eigenvalue weighted by Crippen LogP contribution is -1.89. The molecule has 3 heterocycles. The first kappa shape index (κ1) is 12.8. The monoisotopic (exact) mass is 285 g/mol. The molecule has 0 amide bonds. The zero-order valence-corrected chi connectivity index (χ0v) is 12.2. The molecule has 3 heteroatoms. The highest BCUT2D eigenvalue weighted by atomic mass is 14.8. The molecular formula is C19H15N3. The summed E-state index contributed by atoms with van der Waals surface area (Å²) >= 11 is 0. The first-order chi connectivity index (χ1) is 10.8. The van der Waals surface area contributed by atoms with Crippen molar-refractivity contribution in [3.63, 3.8) is 0 Å². The van der Waals surface area contributed by atoms with Gasteiger partial charge in [-0.3, -0.25) is 4.98 Å². The van der Waals surface area contributed by atoms with Gasteiger partial charge >= 0.3 is 0 Å². The summed E-state index contributed by atoms with van der Waals surface area (Å²) in [5.74, 6) is 0. The van der Waals surface area contributed by atoms with Crippen molar-refractivity contribution in [2.45, 2.75) is 6.92 Å². The molecule has 0 spiro atoms. The van der Waals surface area contributed by atoms with Crippen LogP contribution in [0.25, 0.3) is 34.0 Å². The highest BCUT2D eigenvalue weighted by Gasteiger charge is 2.04. The van der Waals surface area contributed by atoms with Gasteiger partial charge in [-0.1, -0.05) is 24.3 Å². The van der Waals surface area contributed by atoms with Crippen molar-refractivity contribution in [3.8, 4) is 0 Å². The van der Waals surface area contributed by atoms with Gasteiger partial charge in [0, 0.05) is 28.4 Å². The minimum absolute atomic E-state index is 0.929. The van der Waals surface area contributed by atoms with Gasteiger partial charge in [-0.25, -0.2) is 4.98 Å². The highest BCUT2D eigenvalue weighted by Crippen LogP contribution is 2.23. The molecule has 4 aromatic rings. The van der Waals surface area contributed by atoms with Gasteiger partial charge in [-0.05, 0) is 43.3 Å². The number of benzene rings is 1. The summed E-state index contributed by atoms with van der Waals surface area (Å²) in [6.45, 7) is 2.01. The average Bonchev–Trinajstić information content (AvgIpc) is 3.06. The molecule has 3 nitrogen and oxygen atoms in total. The molecule has 0 bridgehead atoms. The van der Waals surface area contributed by atoms with E-state index in [1.165, 1.54) is 0 Å². The third-order valence-electron chi connectivity index (χ3n) is 3.74. The Bertz CT molecular complexity index is 982. The largest absolute Gasteiger partial charge is 0.362 e. The second-order valence-corrected chi connectivity index (χ2v) is 5.36. The fraction of sp³-hybridized carbons (Fsp3) is 0.0526. The number of aromatic nitrogens is 3. The summed E-state index contributed by atoms with van der Waals surface area (Å²) in [5.41, 5.74) is 4.92. The number of nitrogens with zero attached hydrogens (tertiary/aromatic N) is 2. The lowest BCUT2D eigenvalue weighted by atomic mass is 10.1. The van der Waals surface area contributed by atoms with Crippen LogP contribution >= 0.6 is 0 Å². The topological polar surface area (TPSA) is 41.6 Å². The zero-order chi connectivity index (χ0) is 14.9. The van der Waals surface area contributed by atoms with Gasteiger partial charge in [0.15, 0.2) is 0 Å². The van der Waals surface area contributed by atoms with E-state index in [0.717, 1.165) is 38.9 Å². The number of rotatable bonds is 2. The number of H-pyrrole nitrogens is 1. The van der Waals surface area contributed by atoms with Crippen LogP contribution in [0.4, 0.5) is 0 Å². The van der Waals surface area contributed by atoms with Crippen molar-refractivity contribution >= 4 is 34.0 Å². The Balaban J connectivity index is 1.88. The van der Waals surface area contributed by atoms with E-state index in [9.17, 15) is 0 Å². The van der Waals surface area contributed by atoms with Gasteiger partial charge in [0.1, 0.15) is 0 Å². The quantitative estimate of drug-likeness (QED) is 0.547. The number of hydrogen-bond acceptors (Lipinski definition) is 2. The third kappa shape index (κ3) is 2.27. The molecule has 0 aliphatic rings. The Morgan fingerprint density at radius 2 is 1.55 bits per heavy atom. The number of nitrogens with one attached hydrogen (secondary N) is 1. The average molecular weight is 285 g/mol. The number of aryl methyl sites for hydroxylation is 1. The van der Waals surface area contributed by atoms with Gasteiger partial charge in [0.25, 0.3) is 0 Å². The second kappa shape index (κ2) is 5.11. The fourth-order valence-electron chi connectivity index (χ4n) is 2.60. The van der Waals surface area contributed by atoms with E-state index in [1.807, 2.05) is 49.5 Å². The van der Waals surface area contributed by atoms with Crippen molar-refractivity contribution in [1.29, 1.82) is 0 Å². The van der Waals surface area contributed by atoms with E-state index in [4.69, 9.17) is 4.98 Å². The van der Waals surface area contributed by atoms with Crippen LogP contribution in [0.5, 0.6) is 0 Å². The van der Waals surface area contributed by atoms with Gasteiger partial charge in [-0.2, -0.15) is 0 Å². The fourth-order valence-corrected chi connectivity index (χ4v) is 2.60. The van der Waals surface area contributed by atoms with Crippen LogP contribution in [0.3, 0.4) is 0 Å². The van der Waals surface area contributed by atoms with Gasteiger partial charge in [-0.15, -0.1) is 0 Å². The summed E-state index contributed by atoms with van der Waals surface area (Å²) in [6.07, 6.45) is 5.95.